The van der Waals surface area contributed by atoms with Gasteiger partial charge in [0, 0.05) is 6.92 Å². The number of halogens is 4. The zero-order valence-electron chi connectivity index (χ0n) is 11.6. The van der Waals surface area contributed by atoms with Gasteiger partial charge in [0.1, 0.15) is 6.61 Å². The molecule has 0 fully saturated rings. The largest absolute Gasteiger partial charge is 0.375 e. The molecule has 0 aliphatic heterocycles. The van der Waals surface area contributed by atoms with Gasteiger partial charge < -0.3 is 4.74 Å². The van der Waals surface area contributed by atoms with Crippen molar-refractivity contribution >= 4 is 10.8 Å². The summed E-state index contributed by atoms with van der Waals surface area (Å²) in [4.78, 5) is 0. The van der Waals surface area contributed by atoms with Crippen molar-refractivity contribution in [3.05, 3.63) is 48.0 Å². The van der Waals surface area contributed by atoms with Crippen LogP contribution in [0.2, 0.25) is 0 Å². The third-order valence-corrected chi connectivity index (χ3v) is 3.32. The second-order valence-electron chi connectivity index (χ2n) is 5.03. The third-order valence-electron chi connectivity index (χ3n) is 3.32. The summed E-state index contributed by atoms with van der Waals surface area (Å²) in [5.41, 5.74) is 0.944. The van der Waals surface area contributed by atoms with Gasteiger partial charge >= 0.3 is 11.8 Å². The Morgan fingerprint density at radius 2 is 1.62 bits per heavy atom. The summed E-state index contributed by atoms with van der Waals surface area (Å²) in [5, 5.41) is 2.05. The van der Waals surface area contributed by atoms with E-state index in [-0.39, 0.29) is 13.5 Å². The summed E-state index contributed by atoms with van der Waals surface area (Å²) in [6.07, 6.45) is 0.396. The van der Waals surface area contributed by atoms with Crippen molar-refractivity contribution in [1.82, 2.24) is 0 Å². The van der Waals surface area contributed by atoms with Gasteiger partial charge in [0.25, 0.3) is 0 Å². The maximum absolute atomic E-state index is 13.0. The van der Waals surface area contributed by atoms with Crippen LogP contribution in [-0.2, 0) is 11.2 Å². The van der Waals surface area contributed by atoms with Crippen molar-refractivity contribution in [2.75, 3.05) is 13.2 Å². The van der Waals surface area contributed by atoms with E-state index in [0.717, 1.165) is 16.3 Å². The van der Waals surface area contributed by atoms with Gasteiger partial charge in [-0.15, -0.1) is 0 Å². The van der Waals surface area contributed by atoms with Crippen LogP contribution in [-0.4, -0.2) is 25.1 Å². The topological polar surface area (TPSA) is 9.23 Å². The first-order chi connectivity index (χ1) is 9.81. The molecule has 1 nitrogen and oxygen atoms in total. The van der Waals surface area contributed by atoms with Crippen LogP contribution >= 0.6 is 0 Å². The van der Waals surface area contributed by atoms with Crippen LogP contribution in [0, 0.1) is 0 Å². The van der Waals surface area contributed by atoms with Gasteiger partial charge in [-0.05, 0) is 22.8 Å². The molecule has 0 amide bonds. The van der Waals surface area contributed by atoms with E-state index in [1.54, 1.807) is 0 Å². The lowest BCUT2D eigenvalue weighted by Crippen LogP contribution is -2.41. The van der Waals surface area contributed by atoms with Crippen LogP contribution in [0.4, 0.5) is 17.6 Å². The molecule has 21 heavy (non-hydrogen) atoms. The predicted molar refractivity (Wildman–Crippen MR) is 74.0 cm³/mol. The quantitative estimate of drug-likeness (QED) is 0.555. The Hall–Kier alpha value is -1.62. The highest BCUT2D eigenvalue weighted by molar-refractivity contribution is 5.85. The summed E-state index contributed by atoms with van der Waals surface area (Å²) in [6.45, 7) is -1.11. The SMILES string of the molecule is CC(F)(F)C(F)(F)COCCc1cccc2ccccc12. The Bertz CT molecular complexity index is 599. The Balaban J connectivity index is 1.95. The van der Waals surface area contributed by atoms with Crippen LogP contribution in [0.25, 0.3) is 10.8 Å². The molecule has 5 heteroatoms. The lowest BCUT2D eigenvalue weighted by atomic mass is 10.0. The molecule has 0 aromatic heterocycles. The number of fused-ring (bicyclic) bond motifs is 1. The average Bonchev–Trinajstić information content (AvgIpc) is 2.42. The number of rotatable bonds is 6. The molecular formula is C16H16F4O. The van der Waals surface area contributed by atoms with Crippen LogP contribution in [0.3, 0.4) is 0 Å². The Labute approximate surface area is 120 Å². The summed E-state index contributed by atoms with van der Waals surface area (Å²) in [7, 11) is 0. The van der Waals surface area contributed by atoms with E-state index in [1.807, 2.05) is 42.5 Å². The molecule has 2 aromatic carbocycles. The van der Waals surface area contributed by atoms with Crippen molar-refractivity contribution in [3.8, 4) is 0 Å². The minimum Gasteiger partial charge on any atom is -0.375 e. The number of hydrogen-bond donors (Lipinski definition) is 0. The van der Waals surface area contributed by atoms with E-state index in [2.05, 4.69) is 0 Å². The highest BCUT2D eigenvalue weighted by atomic mass is 19.3. The smallest absolute Gasteiger partial charge is 0.332 e. The summed E-state index contributed by atoms with van der Waals surface area (Å²) in [5.74, 6) is -8.22. The third kappa shape index (κ3) is 3.73. The molecule has 0 N–H and O–H groups in total. The van der Waals surface area contributed by atoms with E-state index >= 15 is 0 Å². The highest BCUT2D eigenvalue weighted by Crippen LogP contribution is 2.33. The molecule has 0 spiro atoms. The zero-order valence-corrected chi connectivity index (χ0v) is 11.6. The lowest BCUT2D eigenvalue weighted by Gasteiger charge is -2.22. The normalized spacial score (nSPS) is 12.8. The number of benzene rings is 2. The van der Waals surface area contributed by atoms with E-state index in [1.165, 1.54) is 0 Å². The van der Waals surface area contributed by atoms with Gasteiger partial charge in [-0.25, -0.2) is 8.78 Å². The monoisotopic (exact) mass is 300 g/mol. The average molecular weight is 300 g/mol. The van der Waals surface area contributed by atoms with Crippen molar-refractivity contribution in [3.63, 3.8) is 0 Å². The van der Waals surface area contributed by atoms with E-state index in [4.69, 9.17) is 4.74 Å². The van der Waals surface area contributed by atoms with Crippen molar-refractivity contribution < 1.29 is 22.3 Å². The molecular weight excluding hydrogens is 284 g/mol. The van der Waals surface area contributed by atoms with E-state index in [9.17, 15) is 17.6 Å². The minimum atomic E-state index is -4.15. The van der Waals surface area contributed by atoms with Gasteiger partial charge in [-0.1, -0.05) is 42.5 Å². The maximum Gasteiger partial charge on any atom is 0.332 e. The van der Waals surface area contributed by atoms with Crippen LogP contribution in [0.15, 0.2) is 42.5 Å². The van der Waals surface area contributed by atoms with Gasteiger partial charge in [0.15, 0.2) is 0 Å². The van der Waals surface area contributed by atoms with Crippen molar-refractivity contribution in [2.24, 2.45) is 0 Å². The van der Waals surface area contributed by atoms with Gasteiger partial charge in [-0.3, -0.25) is 0 Å². The summed E-state index contributed by atoms with van der Waals surface area (Å²) >= 11 is 0. The molecule has 2 aromatic rings. The first kappa shape index (κ1) is 15.8. The summed E-state index contributed by atoms with van der Waals surface area (Å²) in [6, 6.07) is 13.4. The Kier molecular flexibility index (Phi) is 4.52. The standard InChI is InChI=1S/C16H16F4O/c1-15(17,18)16(19,20)11-21-10-9-13-7-4-6-12-5-2-3-8-14(12)13/h2-8H,9-11H2,1H3. The Morgan fingerprint density at radius 1 is 0.952 bits per heavy atom. The predicted octanol–water partition coefficient (Wildman–Crippen LogP) is 4.69. The molecule has 0 atom stereocenters. The molecule has 0 radical (unpaired) electrons. The Morgan fingerprint density at radius 3 is 2.33 bits per heavy atom. The van der Waals surface area contributed by atoms with Crippen LogP contribution in [0.1, 0.15) is 12.5 Å². The fraction of sp³-hybridized carbons (Fsp3) is 0.375. The molecule has 0 saturated heterocycles. The molecule has 114 valence electrons. The van der Waals surface area contributed by atoms with Gasteiger partial charge in [-0.2, -0.15) is 8.78 Å². The second kappa shape index (κ2) is 6.02. The van der Waals surface area contributed by atoms with Crippen molar-refractivity contribution in [1.29, 1.82) is 0 Å². The zero-order chi connectivity index (χ0) is 15.5. The van der Waals surface area contributed by atoms with Crippen LogP contribution in [0.5, 0.6) is 0 Å². The first-order valence-corrected chi connectivity index (χ1v) is 6.61. The molecule has 0 heterocycles. The minimum absolute atomic E-state index is 0.0281. The molecule has 2 rings (SSSR count). The highest BCUT2D eigenvalue weighted by Gasteiger charge is 2.52. The number of alkyl halides is 4. The second-order valence-corrected chi connectivity index (χ2v) is 5.03. The van der Waals surface area contributed by atoms with Crippen LogP contribution < -0.4 is 0 Å². The van der Waals surface area contributed by atoms with Crippen molar-refractivity contribution in [2.45, 2.75) is 25.2 Å². The first-order valence-electron chi connectivity index (χ1n) is 6.61. The molecule has 0 aliphatic carbocycles. The van der Waals surface area contributed by atoms with E-state index < -0.39 is 18.5 Å². The molecule has 0 saturated carbocycles. The van der Waals surface area contributed by atoms with E-state index in [0.29, 0.717) is 6.42 Å². The number of ether oxygens (including phenoxy) is 1. The summed E-state index contributed by atoms with van der Waals surface area (Å²) < 4.78 is 56.1. The maximum atomic E-state index is 13.0. The fourth-order valence-electron chi connectivity index (χ4n) is 2.02. The van der Waals surface area contributed by atoms with Gasteiger partial charge in [0.05, 0.1) is 6.61 Å². The van der Waals surface area contributed by atoms with Gasteiger partial charge in [0.2, 0.25) is 0 Å². The molecule has 0 bridgehead atoms. The molecule has 0 aliphatic rings. The lowest BCUT2D eigenvalue weighted by molar-refractivity contribution is -0.222. The fourth-order valence-corrected chi connectivity index (χ4v) is 2.02. The molecule has 0 unspecified atom stereocenters. The number of hydrogen-bond acceptors (Lipinski definition) is 1.